The van der Waals surface area contributed by atoms with E-state index in [4.69, 9.17) is 41.5 Å². The lowest BCUT2D eigenvalue weighted by Crippen LogP contribution is -2.07. The molecule has 6 rings (SSSR count). The fourth-order valence-electron chi connectivity index (χ4n) is 3.93. The molecule has 0 saturated carbocycles. The van der Waals surface area contributed by atoms with Crippen LogP contribution in [0.4, 0.5) is 11.6 Å². The van der Waals surface area contributed by atoms with E-state index in [1.54, 1.807) is 0 Å². The van der Waals surface area contributed by atoms with Crippen molar-refractivity contribution in [2.24, 2.45) is 0 Å². The second kappa shape index (κ2) is 15.6. The van der Waals surface area contributed by atoms with E-state index in [9.17, 15) is 0 Å². The summed E-state index contributed by atoms with van der Waals surface area (Å²) in [7, 11) is 0. The molecule has 0 atom stereocenters. The zero-order valence-electron chi connectivity index (χ0n) is 22.7. The van der Waals surface area contributed by atoms with Gasteiger partial charge in [-0.15, -0.1) is 24.8 Å². The summed E-state index contributed by atoms with van der Waals surface area (Å²) in [5.74, 6) is 2.93. The molecule has 0 spiro atoms. The van der Waals surface area contributed by atoms with E-state index in [0.29, 0.717) is 28.5 Å². The average Bonchev–Trinajstić information content (AvgIpc) is 3.63. The molecular weight excluding hydrogens is 626 g/mol. The van der Waals surface area contributed by atoms with Crippen LogP contribution in [0.1, 0.15) is 22.5 Å². The van der Waals surface area contributed by atoms with Crippen LogP contribution >= 0.6 is 48.0 Å². The predicted octanol–water partition coefficient (Wildman–Crippen LogP) is 7.38. The maximum Gasteiger partial charge on any atom is 0.485 e. The molecule has 10 nitrogen and oxygen atoms in total. The number of rotatable bonds is 8. The van der Waals surface area contributed by atoms with Crippen LogP contribution in [0.15, 0.2) is 64.3 Å². The van der Waals surface area contributed by atoms with E-state index in [-0.39, 0.29) is 24.8 Å². The minimum atomic E-state index is 0. The summed E-state index contributed by atoms with van der Waals surface area (Å²) in [5, 5.41) is 7.55. The van der Waals surface area contributed by atoms with Crippen LogP contribution < -0.4 is 20.1 Å². The Balaban J connectivity index is 0.000000220. The molecule has 0 amide bonds. The van der Waals surface area contributed by atoms with Gasteiger partial charge in [0.15, 0.2) is 11.5 Å². The number of hydrogen-bond acceptors (Lipinski definition) is 9. The third-order valence-electron chi connectivity index (χ3n) is 6.14. The van der Waals surface area contributed by atoms with Crippen molar-refractivity contribution in [1.82, 2.24) is 19.9 Å². The summed E-state index contributed by atoms with van der Waals surface area (Å²) in [6.45, 7) is 6.79. The van der Waals surface area contributed by atoms with Crippen LogP contribution in [0.5, 0.6) is 11.5 Å². The molecule has 2 aromatic carbocycles. The van der Waals surface area contributed by atoms with Crippen molar-refractivity contribution in [1.29, 1.82) is 0 Å². The SMILES string of the molecule is Cc1ncnc(NCCc2ccc3[o+]coc3c2)c1Cl.Cc1ncnc(NCCc2ccc3c(c2)OCO3)c1Cl.Cl.Cl. The van der Waals surface area contributed by atoms with Gasteiger partial charge in [0.05, 0.1) is 11.4 Å². The van der Waals surface area contributed by atoms with Crippen LogP contribution in [0.3, 0.4) is 0 Å². The Morgan fingerprint density at radius 3 is 1.98 bits per heavy atom. The number of aromatic nitrogens is 4. The van der Waals surface area contributed by atoms with Gasteiger partial charge in [-0.3, -0.25) is 8.83 Å². The summed E-state index contributed by atoms with van der Waals surface area (Å²) in [6.07, 6.45) is 4.68. The molecule has 1 aliphatic heterocycles. The van der Waals surface area contributed by atoms with Gasteiger partial charge < -0.3 is 20.1 Å². The lowest BCUT2D eigenvalue weighted by atomic mass is 10.1. The summed E-state index contributed by atoms with van der Waals surface area (Å²) >= 11 is 12.3. The van der Waals surface area contributed by atoms with Gasteiger partial charge in [-0.25, -0.2) is 19.9 Å². The van der Waals surface area contributed by atoms with Gasteiger partial charge >= 0.3 is 17.6 Å². The molecule has 1 aliphatic rings. The van der Waals surface area contributed by atoms with Crippen LogP contribution in [0.25, 0.3) is 11.2 Å². The first-order valence-electron chi connectivity index (χ1n) is 12.6. The topological polar surface area (TPSA) is 119 Å². The quantitative estimate of drug-likeness (QED) is 0.164. The van der Waals surface area contributed by atoms with E-state index in [1.807, 2.05) is 50.2 Å². The first-order valence-corrected chi connectivity index (χ1v) is 13.3. The highest BCUT2D eigenvalue weighted by atomic mass is 35.5. The van der Waals surface area contributed by atoms with Gasteiger partial charge in [0.2, 0.25) is 6.79 Å². The van der Waals surface area contributed by atoms with Crippen molar-refractivity contribution in [3.63, 3.8) is 0 Å². The van der Waals surface area contributed by atoms with Gasteiger partial charge in [0.25, 0.3) is 0 Å². The zero-order chi connectivity index (χ0) is 27.9. The van der Waals surface area contributed by atoms with E-state index in [2.05, 4.69) is 30.6 Å². The highest BCUT2D eigenvalue weighted by Gasteiger charge is 2.13. The Morgan fingerprint density at radius 1 is 0.762 bits per heavy atom. The predicted molar refractivity (Wildman–Crippen MR) is 168 cm³/mol. The van der Waals surface area contributed by atoms with Crippen LogP contribution in [-0.2, 0) is 12.8 Å². The molecule has 222 valence electrons. The number of aryl methyl sites for hydroxylation is 2. The Labute approximate surface area is 265 Å². The molecule has 0 bridgehead atoms. The number of halogens is 4. The van der Waals surface area contributed by atoms with Crippen molar-refractivity contribution >= 4 is 70.8 Å². The number of benzene rings is 2. The van der Waals surface area contributed by atoms with Crippen molar-refractivity contribution in [2.45, 2.75) is 26.7 Å². The smallest absolute Gasteiger partial charge is 0.454 e. The third-order valence-corrected chi connectivity index (χ3v) is 7.04. The van der Waals surface area contributed by atoms with Crippen LogP contribution in [0, 0.1) is 13.8 Å². The Hall–Kier alpha value is -3.57. The molecule has 0 saturated heterocycles. The Kier molecular flexibility index (Phi) is 12.2. The molecule has 0 unspecified atom stereocenters. The number of hydrogen-bond donors (Lipinski definition) is 2. The van der Waals surface area contributed by atoms with E-state index >= 15 is 0 Å². The van der Waals surface area contributed by atoms with Crippen molar-refractivity contribution in [3.8, 4) is 11.5 Å². The highest BCUT2D eigenvalue weighted by Crippen LogP contribution is 2.32. The van der Waals surface area contributed by atoms with Crippen molar-refractivity contribution in [2.75, 3.05) is 30.5 Å². The van der Waals surface area contributed by atoms with E-state index in [1.165, 1.54) is 24.7 Å². The lowest BCUT2D eigenvalue weighted by molar-refractivity contribution is 0.174. The Morgan fingerprint density at radius 2 is 1.33 bits per heavy atom. The molecular formula is C28H29Cl4N6O4+. The second-order valence-corrected chi connectivity index (χ2v) is 9.65. The summed E-state index contributed by atoms with van der Waals surface area (Å²) in [5.41, 5.74) is 5.35. The largest absolute Gasteiger partial charge is 0.485 e. The summed E-state index contributed by atoms with van der Waals surface area (Å²) < 4.78 is 21.0. The molecule has 0 aliphatic carbocycles. The molecule has 4 heterocycles. The molecule has 3 aromatic heterocycles. The van der Waals surface area contributed by atoms with Gasteiger partial charge in [-0.05, 0) is 49.9 Å². The zero-order valence-corrected chi connectivity index (χ0v) is 25.9. The van der Waals surface area contributed by atoms with Gasteiger partial charge in [0, 0.05) is 25.2 Å². The first-order chi connectivity index (χ1) is 19.5. The monoisotopic (exact) mass is 653 g/mol. The standard InChI is InChI=1S/C14H14ClN3O2.C14H13ClN3O2.2ClH/c2*1-9-13(15)14(18-7-17-9)16-5-4-10-2-3-11-12(6-10)20-8-19-11;;/h2-3,6-7H,4-5,8H2,1H3,(H,16,17,18);2-3,6-8H,4-5H2,1H3,(H,16,17,18);2*1H/q;+1;;. The molecule has 0 radical (unpaired) electrons. The van der Waals surface area contributed by atoms with Gasteiger partial charge in [0.1, 0.15) is 34.3 Å². The number of nitrogens with zero attached hydrogens (tertiary/aromatic N) is 4. The molecule has 0 fully saturated rings. The van der Waals surface area contributed by atoms with E-state index < -0.39 is 0 Å². The van der Waals surface area contributed by atoms with Crippen molar-refractivity contribution in [3.05, 3.63) is 88.1 Å². The fraction of sp³-hybridized carbons (Fsp3) is 0.250. The minimum Gasteiger partial charge on any atom is -0.454 e. The van der Waals surface area contributed by atoms with Crippen molar-refractivity contribution < 1.29 is 18.3 Å². The Bertz CT molecular complexity index is 1620. The highest BCUT2D eigenvalue weighted by molar-refractivity contribution is 6.33. The average molecular weight is 655 g/mol. The summed E-state index contributed by atoms with van der Waals surface area (Å²) in [6, 6.07) is 11.8. The maximum atomic E-state index is 6.13. The number of ether oxygens (including phenoxy) is 2. The number of fused-ring (bicyclic) bond motifs is 2. The lowest BCUT2D eigenvalue weighted by Gasteiger charge is -2.08. The molecule has 42 heavy (non-hydrogen) atoms. The number of nitrogens with one attached hydrogen (secondary N) is 2. The van der Waals surface area contributed by atoms with Gasteiger partial charge in [-0.1, -0.05) is 35.3 Å². The second-order valence-electron chi connectivity index (χ2n) is 8.90. The number of anilines is 2. The minimum absolute atomic E-state index is 0. The maximum absolute atomic E-state index is 6.13. The molecule has 2 N–H and O–H groups in total. The third kappa shape index (κ3) is 8.25. The van der Waals surface area contributed by atoms with Crippen LogP contribution in [0.2, 0.25) is 10.0 Å². The normalized spacial score (nSPS) is 11.1. The fourth-order valence-corrected chi connectivity index (χ4v) is 4.26. The van der Waals surface area contributed by atoms with Crippen LogP contribution in [-0.4, -0.2) is 39.8 Å². The molecule has 5 aromatic rings. The van der Waals surface area contributed by atoms with Gasteiger partial charge in [-0.2, -0.15) is 0 Å². The molecule has 14 heteroatoms. The first kappa shape index (κ1) is 32.9. The van der Waals surface area contributed by atoms with E-state index in [0.717, 1.165) is 65.5 Å². The summed E-state index contributed by atoms with van der Waals surface area (Å²) in [4.78, 5) is 16.3.